The van der Waals surface area contributed by atoms with Gasteiger partial charge in [-0.1, -0.05) is 23.5 Å². The first-order valence-electron chi connectivity index (χ1n) is 11.5. The smallest absolute Gasteiger partial charge is 0.497 e. The van der Waals surface area contributed by atoms with Crippen LogP contribution in [0.4, 0.5) is 24.0 Å². The van der Waals surface area contributed by atoms with Gasteiger partial charge in [0.15, 0.2) is 5.75 Å². The van der Waals surface area contributed by atoms with E-state index in [-0.39, 0.29) is 22.9 Å². The van der Waals surface area contributed by atoms with Crippen LogP contribution < -0.4 is 20.1 Å². The van der Waals surface area contributed by atoms with Gasteiger partial charge in [0.1, 0.15) is 10.8 Å². The molecule has 0 radical (unpaired) electrons. The lowest BCUT2D eigenvalue weighted by molar-refractivity contribution is -0.274. The van der Waals surface area contributed by atoms with E-state index in [4.69, 9.17) is 4.74 Å². The number of benzene rings is 2. The second-order valence-corrected chi connectivity index (χ2v) is 9.46. The maximum Gasteiger partial charge on any atom is 0.573 e. The van der Waals surface area contributed by atoms with Gasteiger partial charge in [-0.15, -0.1) is 23.4 Å². The molecule has 0 unspecified atom stereocenters. The van der Waals surface area contributed by atoms with Crippen molar-refractivity contribution in [2.24, 2.45) is 0 Å². The van der Waals surface area contributed by atoms with Gasteiger partial charge < -0.3 is 19.7 Å². The number of aromatic nitrogens is 2. The molecule has 14 heteroatoms. The molecule has 0 bridgehead atoms. The molecule has 2 N–H and O–H groups in total. The van der Waals surface area contributed by atoms with Crippen LogP contribution in [0.2, 0.25) is 0 Å². The molecule has 2 heterocycles. The monoisotopic (exact) mass is 550 g/mol. The Hall–Kier alpha value is -3.75. The SMILES string of the molecule is COc1cccc(-c2nnc(NC(=O)c3ccc(OC(F)(F)F)c(NC(=O)CN4CCN(C)CC4)c3)s2)c1. The van der Waals surface area contributed by atoms with Crippen LogP contribution in [-0.4, -0.2) is 85.1 Å². The summed E-state index contributed by atoms with van der Waals surface area (Å²) in [7, 11) is 3.51. The molecule has 0 aliphatic carbocycles. The number of hydrogen-bond acceptors (Lipinski definition) is 9. The maximum absolute atomic E-state index is 13.0. The third-order valence-electron chi connectivity index (χ3n) is 5.67. The lowest BCUT2D eigenvalue weighted by Gasteiger charge is -2.31. The van der Waals surface area contributed by atoms with Crippen LogP contribution in [0.5, 0.6) is 11.5 Å². The third kappa shape index (κ3) is 7.40. The second kappa shape index (κ2) is 11.8. The summed E-state index contributed by atoms with van der Waals surface area (Å²) in [6.07, 6.45) is -4.98. The Morgan fingerprint density at radius 2 is 1.82 bits per heavy atom. The fourth-order valence-electron chi connectivity index (χ4n) is 3.70. The first kappa shape index (κ1) is 27.3. The Morgan fingerprint density at radius 1 is 1.05 bits per heavy atom. The number of rotatable bonds is 8. The number of alkyl halides is 3. The van der Waals surface area contributed by atoms with Gasteiger partial charge in [0, 0.05) is 37.3 Å². The number of hydrogen-bond donors (Lipinski definition) is 2. The standard InChI is InChI=1S/C24H25F3N6O4S/c1-32-8-10-33(11-9-32)14-20(34)28-18-13-15(6-7-19(18)37-24(25,26)27)21(35)29-23-31-30-22(38-23)16-4-3-5-17(12-16)36-2/h3-7,12-13H,8-11,14H2,1-2H3,(H,28,34)(H,29,31,35). The number of methoxy groups -OCH3 is 1. The number of halogens is 3. The third-order valence-corrected chi connectivity index (χ3v) is 6.55. The van der Waals surface area contributed by atoms with E-state index in [1.165, 1.54) is 0 Å². The molecule has 1 aromatic heterocycles. The van der Waals surface area contributed by atoms with Crippen molar-refractivity contribution in [3.63, 3.8) is 0 Å². The lowest BCUT2D eigenvalue weighted by atomic mass is 10.1. The summed E-state index contributed by atoms with van der Waals surface area (Å²) in [5.41, 5.74) is 0.456. The van der Waals surface area contributed by atoms with E-state index in [2.05, 4.69) is 30.5 Å². The van der Waals surface area contributed by atoms with Crippen molar-refractivity contribution in [1.29, 1.82) is 0 Å². The zero-order valence-corrected chi connectivity index (χ0v) is 21.4. The van der Waals surface area contributed by atoms with Crippen LogP contribution in [0.25, 0.3) is 10.6 Å². The molecule has 4 rings (SSSR count). The van der Waals surface area contributed by atoms with Gasteiger partial charge in [-0.3, -0.25) is 19.8 Å². The number of ether oxygens (including phenoxy) is 2. The Morgan fingerprint density at radius 3 is 2.53 bits per heavy atom. The average Bonchev–Trinajstić information content (AvgIpc) is 3.34. The maximum atomic E-state index is 13.0. The van der Waals surface area contributed by atoms with Crippen molar-refractivity contribution >= 4 is 34.0 Å². The number of nitrogens with one attached hydrogen (secondary N) is 2. The summed E-state index contributed by atoms with van der Waals surface area (Å²) in [5.74, 6) is -1.17. The van der Waals surface area contributed by atoms with E-state index in [9.17, 15) is 22.8 Å². The molecule has 1 saturated heterocycles. The fraction of sp³-hybridized carbons (Fsp3) is 0.333. The zero-order valence-electron chi connectivity index (χ0n) is 20.5. The predicted molar refractivity (Wildman–Crippen MR) is 136 cm³/mol. The van der Waals surface area contributed by atoms with Gasteiger partial charge in [-0.05, 0) is 37.4 Å². The van der Waals surface area contributed by atoms with Crippen molar-refractivity contribution in [2.75, 3.05) is 57.5 Å². The second-order valence-electron chi connectivity index (χ2n) is 8.48. The quantitative estimate of drug-likeness (QED) is 0.439. The molecule has 2 amide bonds. The Balaban J connectivity index is 1.48. The van der Waals surface area contributed by atoms with E-state index in [0.717, 1.165) is 48.2 Å². The molecule has 1 fully saturated rings. The minimum atomic E-state index is -4.98. The summed E-state index contributed by atoms with van der Waals surface area (Å²) < 4.78 is 48.1. The molecule has 0 spiro atoms. The van der Waals surface area contributed by atoms with Gasteiger partial charge in [-0.2, -0.15) is 0 Å². The molecule has 1 aliphatic heterocycles. The highest BCUT2D eigenvalue weighted by atomic mass is 32.1. The normalized spacial score (nSPS) is 14.7. The van der Waals surface area contributed by atoms with Crippen LogP contribution >= 0.6 is 11.3 Å². The first-order valence-corrected chi connectivity index (χ1v) is 12.3. The number of nitrogens with zero attached hydrogens (tertiary/aromatic N) is 4. The largest absolute Gasteiger partial charge is 0.573 e. The van der Waals surface area contributed by atoms with Crippen molar-refractivity contribution in [3.8, 4) is 22.1 Å². The molecule has 38 heavy (non-hydrogen) atoms. The van der Waals surface area contributed by atoms with Gasteiger partial charge in [0.05, 0.1) is 19.3 Å². The Bertz CT molecular complexity index is 1290. The number of piperazine rings is 1. The number of likely N-dealkylation sites (N-methyl/N-ethyl adjacent to an activating group) is 1. The highest BCUT2D eigenvalue weighted by Crippen LogP contribution is 2.32. The molecule has 2 aromatic carbocycles. The molecule has 0 atom stereocenters. The molecule has 3 aromatic rings. The lowest BCUT2D eigenvalue weighted by Crippen LogP contribution is -2.47. The molecule has 10 nitrogen and oxygen atoms in total. The zero-order chi connectivity index (χ0) is 27.3. The number of anilines is 2. The highest BCUT2D eigenvalue weighted by Gasteiger charge is 2.33. The van der Waals surface area contributed by atoms with Crippen molar-refractivity contribution in [3.05, 3.63) is 48.0 Å². The van der Waals surface area contributed by atoms with Crippen LogP contribution in [0, 0.1) is 0 Å². The molecule has 0 saturated carbocycles. The Labute approximate surface area is 220 Å². The summed E-state index contributed by atoms with van der Waals surface area (Å²) in [6.45, 7) is 2.84. The van der Waals surface area contributed by atoms with Crippen molar-refractivity contribution < 1.29 is 32.2 Å². The summed E-state index contributed by atoms with van der Waals surface area (Å²) >= 11 is 1.11. The van der Waals surface area contributed by atoms with E-state index < -0.39 is 23.9 Å². The summed E-state index contributed by atoms with van der Waals surface area (Å²) in [5, 5.41) is 13.8. The number of carbonyl (C=O) groups excluding carboxylic acids is 2. The van der Waals surface area contributed by atoms with Crippen LogP contribution in [0.1, 0.15) is 10.4 Å². The Kier molecular flexibility index (Phi) is 8.44. The van der Waals surface area contributed by atoms with Crippen molar-refractivity contribution in [2.45, 2.75) is 6.36 Å². The first-order chi connectivity index (χ1) is 18.1. The minimum Gasteiger partial charge on any atom is -0.497 e. The molecule has 1 aliphatic rings. The van der Waals surface area contributed by atoms with Crippen LogP contribution in [-0.2, 0) is 4.79 Å². The van der Waals surface area contributed by atoms with E-state index in [0.29, 0.717) is 23.8 Å². The van der Waals surface area contributed by atoms with Gasteiger partial charge in [0.2, 0.25) is 11.0 Å². The molecular formula is C24H25F3N6O4S. The van der Waals surface area contributed by atoms with Crippen LogP contribution in [0.15, 0.2) is 42.5 Å². The molecule has 202 valence electrons. The topological polar surface area (TPSA) is 109 Å². The molecular weight excluding hydrogens is 525 g/mol. The van der Waals surface area contributed by atoms with E-state index >= 15 is 0 Å². The summed E-state index contributed by atoms with van der Waals surface area (Å²) in [4.78, 5) is 29.5. The fourth-order valence-corrected chi connectivity index (χ4v) is 4.43. The van der Waals surface area contributed by atoms with Crippen LogP contribution in [0.3, 0.4) is 0 Å². The van der Waals surface area contributed by atoms with Crippen molar-refractivity contribution in [1.82, 2.24) is 20.0 Å². The van der Waals surface area contributed by atoms with Gasteiger partial charge >= 0.3 is 6.36 Å². The van der Waals surface area contributed by atoms with E-state index in [1.807, 2.05) is 18.0 Å². The number of amides is 2. The summed E-state index contributed by atoms with van der Waals surface area (Å²) in [6, 6.07) is 10.4. The average molecular weight is 551 g/mol. The predicted octanol–water partition coefficient (Wildman–Crippen LogP) is 3.55. The van der Waals surface area contributed by atoms with Gasteiger partial charge in [0.25, 0.3) is 5.91 Å². The highest BCUT2D eigenvalue weighted by molar-refractivity contribution is 7.18. The van der Waals surface area contributed by atoms with Gasteiger partial charge in [-0.25, -0.2) is 0 Å². The minimum absolute atomic E-state index is 0.00639. The number of carbonyl (C=O) groups is 2. The van der Waals surface area contributed by atoms with E-state index in [1.54, 1.807) is 25.3 Å².